The van der Waals surface area contributed by atoms with Crippen LogP contribution in [0.2, 0.25) is 0 Å². The molecule has 0 aromatic heterocycles. The second-order valence-corrected chi connectivity index (χ2v) is 4.43. The number of rotatable bonds is 6. The Morgan fingerprint density at radius 1 is 1.44 bits per heavy atom. The highest BCUT2D eigenvalue weighted by atomic mass is 19.1. The standard InChI is InChI=1S/C12H16FNO4/c1-12(2,17-3)6-7-18-9-4-5-11(14(15)16)10(13)8-9/h4-5,8H,6-7H2,1-3H3. The maximum Gasteiger partial charge on any atom is 0.305 e. The molecule has 0 unspecified atom stereocenters. The van der Waals surface area contributed by atoms with Crippen LogP contribution in [0.4, 0.5) is 10.1 Å². The lowest BCUT2D eigenvalue weighted by molar-refractivity contribution is -0.387. The SMILES string of the molecule is COC(C)(C)CCOc1ccc([N+](=O)[O-])c(F)c1. The number of benzene rings is 1. The Morgan fingerprint density at radius 3 is 2.61 bits per heavy atom. The van der Waals surface area contributed by atoms with Crippen LogP contribution >= 0.6 is 0 Å². The van der Waals surface area contributed by atoms with E-state index < -0.39 is 16.4 Å². The molecule has 0 radical (unpaired) electrons. The van der Waals surface area contributed by atoms with Gasteiger partial charge in [0.15, 0.2) is 0 Å². The predicted octanol–water partition coefficient (Wildman–Crippen LogP) is 2.93. The first kappa shape index (κ1) is 14.4. The third-order valence-corrected chi connectivity index (χ3v) is 2.64. The topological polar surface area (TPSA) is 61.6 Å². The number of methoxy groups -OCH3 is 1. The molecule has 0 aliphatic carbocycles. The summed E-state index contributed by atoms with van der Waals surface area (Å²) in [4.78, 5) is 9.65. The fourth-order valence-corrected chi connectivity index (χ4v) is 1.24. The maximum absolute atomic E-state index is 13.3. The molecule has 5 nitrogen and oxygen atoms in total. The molecule has 0 heterocycles. The number of halogens is 1. The number of hydrogen-bond acceptors (Lipinski definition) is 4. The van der Waals surface area contributed by atoms with E-state index in [2.05, 4.69) is 0 Å². The van der Waals surface area contributed by atoms with Crippen molar-refractivity contribution in [3.05, 3.63) is 34.1 Å². The number of nitrogens with zero attached hydrogens (tertiary/aromatic N) is 1. The molecule has 0 spiro atoms. The quantitative estimate of drug-likeness (QED) is 0.580. The van der Waals surface area contributed by atoms with E-state index in [0.29, 0.717) is 13.0 Å². The molecular weight excluding hydrogens is 241 g/mol. The third-order valence-electron chi connectivity index (χ3n) is 2.64. The van der Waals surface area contributed by atoms with Crippen molar-refractivity contribution in [1.29, 1.82) is 0 Å². The van der Waals surface area contributed by atoms with Gasteiger partial charge in [-0.15, -0.1) is 0 Å². The Morgan fingerprint density at radius 2 is 2.11 bits per heavy atom. The minimum Gasteiger partial charge on any atom is -0.493 e. The normalized spacial score (nSPS) is 11.3. The Balaban J connectivity index is 2.59. The smallest absolute Gasteiger partial charge is 0.305 e. The largest absolute Gasteiger partial charge is 0.493 e. The Kier molecular flexibility index (Phi) is 4.61. The summed E-state index contributed by atoms with van der Waals surface area (Å²) in [5, 5.41) is 10.4. The van der Waals surface area contributed by atoms with E-state index in [0.717, 1.165) is 12.1 Å². The first-order chi connectivity index (χ1) is 8.35. The van der Waals surface area contributed by atoms with Gasteiger partial charge in [-0.25, -0.2) is 0 Å². The van der Waals surface area contributed by atoms with Gasteiger partial charge in [0.05, 0.1) is 17.1 Å². The number of nitro groups is 1. The van der Waals surface area contributed by atoms with Crippen molar-refractivity contribution >= 4 is 5.69 Å². The minimum atomic E-state index is -0.900. The van der Waals surface area contributed by atoms with Crippen LogP contribution in [0, 0.1) is 15.9 Å². The van der Waals surface area contributed by atoms with Crippen molar-refractivity contribution in [2.45, 2.75) is 25.9 Å². The minimum absolute atomic E-state index is 0.269. The van der Waals surface area contributed by atoms with E-state index in [-0.39, 0.29) is 11.4 Å². The lowest BCUT2D eigenvalue weighted by Crippen LogP contribution is -2.25. The van der Waals surface area contributed by atoms with E-state index in [1.54, 1.807) is 7.11 Å². The molecule has 0 amide bonds. The zero-order valence-electron chi connectivity index (χ0n) is 10.6. The molecule has 1 aromatic rings. The first-order valence-electron chi connectivity index (χ1n) is 5.47. The monoisotopic (exact) mass is 257 g/mol. The first-order valence-corrected chi connectivity index (χ1v) is 5.47. The zero-order chi connectivity index (χ0) is 13.8. The summed E-state index contributed by atoms with van der Waals surface area (Å²) in [6.45, 7) is 4.16. The molecule has 0 fully saturated rings. The van der Waals surface area contributed by atoms with E-state index in [1.165, 1.54) is 6.07 Å². The van der Waals surface area contributed by atoms with Gasteiger partial charge >= 0.3 is 5.69 Å². The molecule has 0 aliphatic heterocycles. The van der Waals surface area contributed by atoms with E-state index >= 15 is 0 Å². The van der Waals surface area contributed by atoms with Crippen LogP contribution in [0.3, 0.4) is 0 Å². The molecule has 0 bridgehead atoms. The van der Waals surface area contributed by atoms with Crippen molar-refractivity contribution in [3.63, 3.8) is 0 Å². The molecule has 0 saturated heterocycles. The van der Waals surface area contributed by atoms with Gasteiger partial charge in [0.2, 0.25) is 5.82 Å². The van der Waals surface area contributed by atoms with Crippen LogP contribution < -0.4 is 4.74 Å². The second-order valence-electron chi connectivity index (χ2n) is 4.43. The highest BCUT2D eigenvalue weighted by molar-refractivity contribution is 5.37. The van der Waals surface area contributed by atoms with Gasteiger partial charge in [-0.1, -0.05) is 0 Å². The summed E-state index contributed by atoms with van der Waals surface area (Å²) < 4.78 is 23.8. The van der Waals surface area contributed by atoms with Crippen LogP contribution in [-0.2, 0) is 4.74 Å². The number of hydrogen-bond donors (Lipinski definition) is 0. The summed E-state index contributed by atoms with van der Waals surface area (Å²) in [7, 11) is 1.60. The van der Waals surface area contributed by atoms with Gasteiger partial charge < -0.3 is 9.47 Å². The summed E-state index contributed by atoms with van der Waals surface area (Å²) >= 11 is 0. The van der Waals surface area contributed by atoms with Crippen molar-refractivity contribution in [2.75, 3.05) is 13.7 Å². The number of nitro benzene ring substituents is 1. The average Bonchev–Trinajstić information content (AvgIpc) is 2.28. The Labute approximate surface area is 105 Å². The molecule has 18 heavy (non-hydrogen) atoms. The molecule has 1 aromatic carbocycles. The lowest BCUT2D eigenvalue weighted by Gasteiger charge is -2.22. The van der Waals surface area contributed by atoms with Crippen LogP contribution in [-0.4, -0.2) is 24.2 Å². The van der Waals surface area contributed by atoms with E-state index in [9.17, 15) is 14.5 Å². The highest BCUT2D eigenvalue weighted by Gasteiger charge is 2.17. The molecule has 0 aliphatic rings. The molecule has 0 N–H and O–H groups in total. The molecular formula is C12H16FNO4. The molecule has 0 atom stereocenters. The number of ether oxygens (including phenoxy) is 2. The Bertz CT molecular complexity index is 434. The fraction of sp³-hybridized carbons (Fsp3) is 0.500. The van der Waals surface area contributed by atoms with Crippen LogP contribution in [0.15, 0.2) is 18.2 Å². The zero-order valence-corrected chi connectivity index (χ0v) is 10.6. The van der Waals surface area contributed by atoms with Crippen molar-refractivity contribution in [1.82, 2.24) is 0 Å². The summed E-state index contributed by atoms with van der Waals surface area (Å²) in [6.07, 6.45) is 0.627. The van der Waals surface area contributed by atoms with Crippen LogP contribution in [0.1, 0.15) is 20.3 Å². The summed E-state index contributed by atoms with van der Waals surface area (Å²) in [6, 6.07) is 3.48. The molecule has 100 valence electrons. The van der Waals surface area contributed by atoms with Crippen molar-refractivity contribution in [2.24, 2.45) is 0 Å². The van der Waals surface area contributed by atoms with E-state index in [4.69, 9.17) is 9.47 Å². The van der Waals surface area contributed by atoms with Crippen LogP contribution in [0.5, 0.6) is 5.75 Å². The average molecular weight is 257 g/mol. The predicted molar refractivity (Wildman–Crippen MR) is 64.3 cm³/mol. The summed E-state index contributed by atoms with van der Waals surface area (Å²) in [5.41, 5.74) is -0.876. The Hall–Kier alpha value is -1.69. The molecule has 6 heteroatoms. The van der Waals surface area contributed by atoms with Crippen molar-refractivity contribution < 1.29 is 18.8 Å². The molecule has 0 saturated carbocycles. The van der Waals surface area contributed by atoms with Gasteiger partial charge in [-0.2, -0.15) is 4.39 Å². The van der Waals surface area contributed by atoms with Gasteiger partial charge in [0, 0.05) is 25.7 Å². The third kappa shape index (κ3) is 3.96. The second kappa shape index (κ2) is 5.77. The van der Waals surface area contributed by atoms with E-state index in [1.807, 2.05) is 13.8 Å². The molecule has 1 rings (SSSR count). The maximum atomic E-state index is 13.3. The fourth-order valence-electron chi connectivity index (χ4n) is 1.24. The summed E-state index contributed by atoms with van der Waals surface area (Å²) in [5.74, 6) is -0.631. The van der Waals surface area contributed by atoms with Gasteiger partial charge in [0.1, 0.15) is 5.75 Å². The lowest BCUT2D eigenvalue weighted by atomic mass is 10.1. The van der Waals surface area contributed by atoms with Crippen LogP contribution in [0.25, 0.3) is 0 Å². The van der Waals surface area contributed by atoms with Gasteiger partial charge in [-0.05, 0) is 19.9 Å². The van der Waals surface area contributed by atoms with Crippen molar-refractivity contribution in [3.8, 4) is 5.75 Å². The van der Waals surface area contributed by atoms with Gasteiger partial charge in [0.25, 0.3) is 0 Å². The van der Waals surface area contributed by atoms with Gasteiger partial charge in [-0.3, -0.25) is 10.1 Å². The highest BCUT2D eigenvalue weighted by Crippen LogP contribution is 2.23.